The zero-order chi connectivity index (χ0) is 9.14. The monoisotopic (exact) mass is 182 g/mol. The maximum atomic E-state index is 11.4. The summed E-state index contributed by atoms with van der Waals surface area (Å²) in [5, 5.41) is 0. The zero-order valence-corrected chi connectivity index (χ0v) is 7.88. The summed E-state index contributed by atoms with van der Waals surface area (Å²) < 4.78 is 0. The van der Waals surface area contributed by atoms with Crippen LogP contribution in [-0.4, -0.2) is 29.9 Å². The minimum Gasteiger partial charge on any atom is -0.345 e. The normalized spacial score (nSPS) is 9.58. The molecule has 0 atom stereocenters. The predicted molar refractivity (Wildman–Crippen MR) is 49.5 cm³/mol. The number of hydrogen-bond acceptors (Lipinski definition) is 3. The summed E-state index contributed by atoms with van der Waals surface area (Å²) in [6.45, 7) is 0. The lowest BCUT2D eigenvalue weighted by molar-refractivity contribution is 0.0824. The molecule has 1 heterocycles. The Morgan fingerprint density at radius 1 is 1.58 bits per heavy atom. The minimum absolute atomic E-state index is 0.0758. The van der Waals surface area contributed by atoms with Crippen LogP contribution in [0.5, 0.6) is 0 Å². The molecule has 3 nitrogen and oxygen atoms in total. The zero-order valence-electron chi connectivity index (χ0n) is 6.98. The van der Waals surface area contributed by atoms with Crippen molar-refractivity contribution >= 4 is 18.5 Å². The topological polar surface area (TPSA) is 33.2 Å². The third kappa shape index (κ3) is 1.76. The van der Waals surface area contributed by atoms with E-state index in [1.807, 2.05) is 0 Å². The SMILES string of the molecule is CN(C)C(=O)c1cnccc1S. The van der Waals surface area contributed by atoms with Crippen LogP contribution in [0.3, 0.4) is 0 Å². The molecule has 0 aliphatic heterocycles. The summed E-state index contributed by atoms with van der Waals surface area (Å²) in [6, 6.07) is 1.69. The van der Waals surface area contributed by atoms with Gasteiger partial charge in [0.15, 0.2) is 0 Å². The van der Waals surface area contributed by atoms with Crippen LogP contribution in [0.4, 0.5) is 0 Å². The highest BCUT2D eigenvalue weighted by molar-refractivity contribution is 7.80. The van der Waals surface area contributed by atoms with E-state index in [1.165, 1.54) is 11.1 Å². The Kier molecular flexibility index (Phi) is 2.70. The Bertz CT molecular complexity index is 299. The van der Waals surface area contributed by atoms with E-state index in [0.29, 0.717) is 10.5 Å². The first-order valence-corrected chi connectivity index (χ1v) is 3.92. The predicted octanol–water partition coefficient (Wildman–Crippen LogP) is 1.07. The van der Waals surface area contributed by atoms with Gasteiger partial charge in [-0.25, -0.2) is 0 Å². The highest BCUT2D eigenvalue weighted by atomic mass is 32.1. The summed E-state index contributed by atoms with van der Waals surface area (Å²) in [4.78, 5) is 17.4. The van der Waals surface area contributed by atoms with Crippen molar-refractivity contribution in [3.8, 4) is 0 Å². The van der Waals surface area contributed by atoms with E-state index in [-0.39, 0.29) is 5.91 Å². The van der Waals surface area contributed by atoms with E-state index in [0.717, 1.165) is 0 Å². The lowest BCUT2D eigenvalue weighted by atomic mass is 10.2. The molecule has 0 spiro atoms. The van der Waals surface area contributed by atoms with Gasteiger partial charge in [-0.05, 0) is 6.07 Å². The van der Waals surface area contributed by atoms with Crippen molar-refractivity contribution in [2.45, 2.75) is 4.90 Å². The number of rotatable bonds is 1. The lowest BCUT2D eigenvalue weighted by Gasteiger charge is -2.10. The summed E-state index contributed by atoms with van der Waals surface area (Å²) >= 11 is 4.14. The van der Waals surface area contributed by atoms with Crippen LogP contribution < -0.4 is 0 Å². The Hall–Kier alpha value is -1.03. The van der Waals surface area contributed by atoms with Crippen LogP contribution in [-0.2, 0) is 0 Å². The van der Waals surface area contributed by atoms with Gasteiger partial charge in [0.1, 0.15) is 0 Å². The first-order chi connectivity index (χ1) is 5.63. The minimum atomic E-state index is -0.0758. The standard InChI is InChI=1S/C8H10N2OS/c1-10(2)8(11)6-5-9-4-3-7(6)12/h3-5H,1-2H3,(H,9,12). The lowest BCUT2D eigenvalue weighted by Crippen LogP contribution is -2.22. The molecule has 0 saturated heterocycles. The fourth-order valence-corrected chi connectivity index (χ4v) is 1.01. The molecule has 1 rings (SSSR count). The molecule has 0 fully saturated rings. The molecule has 1 aromatic heterocycles. The fourth-order valence-electron chi connectivity index (χ4n) is 0.793. The Morgan fingerprint density at radius 3 is 2.75 bits per heavy atom. The number of pyridine rings is 1. The fraction of sp³-hybridized carbons (Fsp3) is 0.250. The molecular formula is C8H10N2OS. The van der Waals surface area contributed by atoms with Gasteiger partial charge in [0.2, 0.25) is 0 Å². The first-order valence-electron chi connectivity index (χ1n) is 3.47. The molecule has 0 aliphatic carbocycles. The average molecular weight is 182 g/mol. The van der Waals surface area contributed by atoms with Crippen LogP contribution in [0.15, 0.2) is 23.4 Å². The van der Waals surface area contributed by atoms with E-state index in [1.54, 1.807) is 26.4 Å². The molecule has 0 aromatic carbocycles. The van der Waals surface area contributed by atoms with Crippen LogP contribution in [0.25, 0.3) is 0 Å². The summed E-state index contributed by atoms with van der Waals surface area (Å²) in [5.41, 5.74) is 0.533. The number of carbonyl (C=O) groups is 1. The van der Waals surface area contributed by atoms with Crippen molar-refractivity contribution in [2.24, 2.45) is 0 Å². The van der Waals surface area contributed by atoms with Crippen molar-refractivity contribution in [1.29, 1.82) is 0 Å². The quantitative estimate of drug-likeness (QED) is 0.659. The molecular weight excluding hydrogens is 172 g/mol. The van der Waals surface area contributed by atoms with Crippen LogP contribution in [0.2, 0.25) is 0 Å². The summed E-state index contributed by atoms with van der Waals surface area (Å²) in [7, 11) is 3.39. The number of aromatic nitrogens is 1. The van der Waals surface area contributed by atoms with Gasteiger partial charge in [-0.1, -0.05) is 0 Å². The largest absolute Gasteiger partial charge is 0.345 e. The van der Waals surface area contributed by atoms with Gasteiger partial charge in [-0.3, -0.25) is 9.78 Å². The van der Waals surface area contributed by atoms with Gasteiger partial charge < -0.3 is 4.90 Å². The van der Waals surface area contributed by atoms with E-state index >= 15 is 0 Å². The van der Waals surface area contributed by atoms with Gasteiger partial charge in [0.05, 0.1) is 5.56 Å². The average Bonchev–Trinajstić information content (AvgIpc) is 2.04. The first kappa shape index (κ1) is 9.06. The molecule has 0 bridgehead atoms. The van der Waals surface area contributed by atoms with Crippen molar-refractivity contribution in [3.63, 3.8) is 0 Å². The molecule has 0 N–H and O–H groups in total. The number of thiol groups is 1. The molecule has 64 valence electrons. The molecule has 0 radical (unpaired) electrons. The van der Waals surface area contributed by atoms with E-state index in [2.05, 4.69) is 17.6 Å². The summed E-state index contributed by atoms with van der Waals surface area (Å²) in [6.07, 6.45) is 3.12. The van der Waals surface area contributed by atoms with Crippen molar-refractivity contribution in [2.75, 3.05) is 14.1 Å². The van der Waals surface area contributed by atoms with Gasteiger partial charge >= 0.3 is 0 Å². The Labute approximate surface area is 76.8 Å². The third-order valence-electron chi connectivity index (χ3n) is 1.43. The van der Waals surface area contributed by atoms with E-state index in [9.17, 15) is 4.79 Å². The number of carbonyl (C=O) groups excluding carboxylic acids is 1. The summed E-state index contributed by atoms with van der Waals surface area (Å²) in [5.74, 6) is -0.0758. The molecule has 0 unspecified atom stereocenters. The van der Waals surface area contributed by atoms with Crippen LogP contribution >= 0.6 is 12.6 Å². The number of hydrogen-bond donors (Lipinski definition) is 1. The molecule has 0 saturated carbocycles. The van der Waals surface area contributed by atoms with E-state index < -0.39 is 0 Å². The number of amides is 1. The van der Waals surface area contributed by atoms with Crippen molar-refractivity contribution < 1.29 is 4.79 Å². The molecule has 0 aliphatic rings. The molecule has 1 aromatic rings. The Balaban J connectivity index is 3.03. The maximum absolute atomic E-state index is 11.4. The van der Waals surface area contributed by atoms with Gasteiger partial charge in [0, 0.05) is 31.4 Å². The smallest absolute Gasteiger partial charge is 0.256 e. The third-order valence-corrected chi connectivity index (χ3v) is 1.82. The molecule has 4 heteroatoms. The molecule has 1 amide bonds. The maximum Gasteiger partial charge on any atom is 0.256 e. The highest BCUT2D eigenvalue weighted by Gasteiger charge is 2.10. The molecule has 12 heavy (non-hydrogen) atoms. The van der Waals surface area contributed by atoms with Crippen molar-refractivity contribution in [1.82, 2.24) is 9.88 Å². The van der Waals surface area contributed by atoms with Gasteiger partial charge in [-0.15, -0.1) is 12.6 Å². The number of nitrogens with zero attached hydrogens (tertiary/aromatic N) is 2. The van der Waals surface area contributed by atoms with E-state index in [4.69, 9.17) is 0 Å². The van der Waals surface area contributed by atoms with Crippen LogP contribution in [0, 0.1) is 0 Å². The highest BCUT2D eigenvalue weighted by Crippen LogP contribution is 2.12. The van der Waals surface area contributed by atoms with Gasteiger partial charge in [0.25, 0.3) is 5.91 Å². The van der Waals surface area contributed by atoms with Crippen molar-refractivity contribution in [3.05, 3.63) is 24.0 Å². The second-order valence-electron chi connectivity index (χ2n) is 2.59. The second-order valence-corrected chi connectivity index (χ2v) is 3.07. The second kappa shape index (κ2) is 3.58. The van der Waals surface area contributed by atoms with Gasteiger partial charge in [-0.2, -0.15) is 0 Å². The van der Waals surface area contributed by atoms with Crippen LogP contribution in [0.1, 0.15) is 10.4 Å². The Morgan fingerprint density at radius 2 is 2.25 bits per heavy atom.